The van der Waals surface area contributed by atoms with Crippen LogP contribution in [0.4, 0.5) is 11.4 Å². The quantitative estimate of drug-likeness (QED) is 0.824. The Morgan fingerprint density at radius 1 is 1.26 bits per heavy atom. The van der Waals surface area contributed by atoms with Crippen molar-refractivity contribution >= 4 is 22.1 Å². The molecule has 1 aliphatic carbocycles. The lowest BCUT2D eigenvalue weighted by atomic mass is 9.90. The van der Waals surface area contributed by atoms with Crippen LogP contribution in [-0.2, 0) is 0 Å². The van der Waals surface area contributed by atoms with Crippen LogP contribution in [0.15, 0.2) is 30.6 Å². The number of hydrogen-bond donors (Lipinski definition) is 2. The number of rotatable bonds is 4. The molecule has 1 fully saturated rings. The Labute approximate surface area is 112 Å². The molecule has 1 aromatic heterocycles. The summed E-state index contributed by atoms with van der Waals surface area (Å²) in [6, 6.07) is 6.55. The second-order valence-electron chi connectivity index (χ2n) is 5.10. The van der Waals surface area contributed by atoms with E-state index in [1.807, 2.05) is 18.3 Å². The maximum atomic E-state index is 9.31. The number of fused-ring (bicyclic) bond motifs is 1. The highest BCUT2D eigenvalue weighted by Crippen LogP contribution is 2.35. The lowest BCUT2D eigenvalue weighted by Gasteiger charge is -2.39. The maximum absolute atomic E-state index is 9.31. The highest BCUT2D eigenvalue weighted by molar-refractivity contribution is 6.00. The van der Waals surface area contributed by atoms with Gasteiger partial charge in [0.25, 0.3) is 0 Å². The van der Waals surface area contributed by atoms with Crippen LogP contribution < -0.4 is 10.6 Å². The fourth-order valence-electron chi connectivity index (χ4n) is 2.75. The van der Waals surface area contributed by atoms with Crippen molar-refractivity contribution < 1.29 is 5.11 Å². The summed E-state index contributed by atoms with van der Waals surface area (Å²) < 4.78 is 0. The van der Waals surface area contributed by atoms with E-state index >= 15 is 0 Å². The lowest BCUT2D eigenvalue weighted by molar-refractivity contribution is 0.284. The molecule has 19 heavy (non-hydrogen) atoms. The molecule has 1 saturated carbocycles. The molecule has 1 aliphatic rings. The van der Waals surface area contributed by atoms with Crippen LogP contribution >= 0.6 is 0 Å². The zero-order valence-corrected chi connectivity index (χ0v) is 10.9. The van der Waals surface area contributed by atoms with Gasteiger partial charge in [-0.05, 0) is 37.5 Å². The Morgan fingerprint density at radius 2 is 2.11 bits per heavy atom. The Hall–Kier alpha value is -1.81. The number of aliphatic hydroxyl groups is 1. The smallest absolute Gasteiger partial charge is 0.0606 e. The molecule has 0 bridgehead atoms. The van der Waals surface area contributed by atoms with Gasteiger partial charge in [0.15, 0.2) is 0 Å². The highest BCUT2D eigenvalue weighted by atomic mass is 16.3. The first-order valence-electron chi connectivity index (χ1n) is 6.81. The van der Waals surface area contributed by atoms with Gasteiger partial charge in [0.2, 0.25) is 0 Å². The van der Waals surface area contributed by atoms with Crippen molar-refractivity contribution in [1.29, 1.82) is 0 Å². The van der Waals surface area contributed by atoms with E-state index in [1.54, 1.807) is 6.20 Å². The third-order valence-electron chi connectivity index (χ3n) is 3.99. The number of nitrogens with zero attached hydrogens (tertiary/aromatic N) is 2. The second-order valence-corrected chi connectivity index (χ2v) is 5.10. The summed E-state index contributed by atoms with van der Waals surface area (Å²) in [6.07, 6.45) is 7.30. The first-order chi connectivity index (χ1) is 9.31. The molecule has 4 heteroatoms. The first kappa shape index (κ1) is 12.2. The minimum Gasteiger partial charge on any atom is -0.398 e. The Morgan fingerprint density at radius 3 is 2.79 bits per heavy atom. The first-order valence-corrected chi connectivity index (χ1v) is 6.81. The topological polar surface area (TPSA) is 62.4 Å². The summed E-state index contributed by atoms with van der Waals surface area (Å²) in [5.74, 6) is 0. The van der Waals surface area contributed by atoms with Gasteiger partial charge in [0.1, 0.15) is 0 Å². The summed E-state index contributed by atoms with van der Waals surface area (Å²) in [7, 11) is 0. The van der Waals surface area contributed by atoms with Crippen LogP contribution in [-0.4, -0.2) is 29.3 Å². The number of benzene rings is 1. The van der Waals surface area contributed by atoms with Gasteiger partial charge >= 0.3 is 0 Å². The Balaban J connectivity index is 2.09. The molecule has 3 rings (SSSR count). The van der Waals surface area contributed by atoms with E-state index in [0.29, 0.717) is 12.6 Å². The van der Waals surface area contributed by atoms with Crippen molar-refractivity contribution in [3.63, 3.8) is 0 Å². The minimum atomic E-state index is 0.174. The van der Waals surface area contributed by atoms with Gasteiger partial charge < -0.3 is 15.7 Å². The van der Waals surface area contributed by atoms with Crippen molar-refractivity contribution in [2.75, 3.05) is 23.8 Å². The Bertz CT molecular complexity index is 581. The van der Waals surface area contributed by atoms with E-state index in [1.165, 1.54) is 19.3 Å². The van der Waals surface area contributed by atoms with Crippen LogP contribution in [0.1, 0.15) is 19.3 Å². The van der Waals surface area contributed by atoms with E-state index in [9.17, 15) is 5.11 Å². The largest absolute Gasteiger partial charge is 0.398 e. The predicted molar refractivity (Wildman–Crippen MR) is 78.2 cm³/mol. The molecule has 0 spiro atoms. The zero-order valence-electron chi connectivity index (χ0n) is 10.9. The van der Waals surface area contributed by atoms with Gasteiger partial charge in [0.05, 0.1) is 6.61 Å². The van der Waals surface area contributed by atoms with Gasteiger partial charge in [-0.25, -0.2) is 0 Å². The average Bonchev–Trinajstić information content (AvgIpc) is 2.37. The molecular weight excluding hydrogens is 238 g/mol. The van der Waals surface area contributed by atoms with E-state index in [4.69, 9.17) is 5.73 Å². The van der Waals surface area contributed by atoms with Gasteiger partial charge in [0, 0.05) is 47.1 Å². The zero-order chi connectivity index (χ0) is 13.2. The SMILES string of the molecule is Nc1ccc(N(CCO)C2CCC2)c2ccncc12. The molecule has 0 aliphatic heterocycles. The van der Waals surface area contributed by atoms with Gasteiger partial charge in [-0.2, -0.15) is 0 Å². The van der Waals surface area contributed by atoms with E-state index < -0.39 is 0 Å². The van der Waals surface area contributed by atoms with Crippen molar-refractivity contribution in [2.45, 2.75) is 25.3 Å². The summed E-state index contributed by atoms with van der Waals surface area (Å²) >= 11 is 0. The number of aromatic nitrogens is 1. The van der Waals surface area contributed by atoms with Crippen molar-refractivity contribution in [3.05, 3.63) is 30.6 Å². The summed E-state index contributed by atoms with van der Waals surface area (Å²) in [5, 5.41) is 11.4. The number of hydrogen-bond acceptors (Lipinski definition) is 4. The fourth-order valence-corrected chi connectivity index (χ4v) is 2.75. The summed E-state index contributed by atoms with van der Waals surface area (Å²) in [6.45, 7) is 0.847. The van der Waals surface area contributed by atoms with E-state index in [2.05, 4.69) is 16.0 Å². The van der Waals surface area contributed by atoms with Gasteiger partial charge in [-0.15, -0.1) is 0 Å². The molecule has 0 saturated heterocycles. The maximum Gasteiger partial charge on any atom is 0.0606 e. The lowest BCUT2D eigenvalue weighted by Crippen LogP contribution is -2.42. The molecule has 0 radical (unpaired) electrons. The highest BCUT2D eigenvalue weighted by Gasteiger charge is 2.26. The average molecular weight is 257 g/mol. The standard InChI is InChI=1S/C15H19N3O/c16-14-4-5-15(12-6-7-17-10-13(12)14)18(8-9-19)11-2-1-3-11/h4-7,10-11,19H,1-3,8-9,16H2. The number of nitrogen functional groups attached to an aromatic ring is 1. The second kappa shape index (κ2) is 5.05. The van der Waals surface area contributed by atoms with Crippen LogP contribution in [0.25, 0.3) is 10.8 Å². The predicted octanol–water partition coefficient (Wildman–Crippen LogP) is 2.17. The molecule has 1 heterocycles. The van der Waals surface area contributed by atoms with E-state index in [-0.39, 0.29) is 6.61 Å². The van der Waals surface area contributed by atoms with Crippen molar-refractivity contribution in [1.82, 2.24) is 4.98 Å². The third-order valence-corrected chi connectivity index (χ3v) is 3.99. The molecule has 3 N–H and O–H groups in total. The molecule has 4 nitrogen and oxygen atoms in total. The minimum absolute atomic E-state index is 0.174. The normalized spacial score (nSPS) is 15.4. The Kier molecular flexibility index (Phi) is 3.25. The van der Waals surface area contributed by atoms with Crippen molar-refractivity contribution in [3.8, 4) is 0 Å². The summed E-state index contributed by atoms with van der Waals surface area (Å²) in [5.41, 5.74) is 7.93. The number of aliphatic hydroxyl groups excluding tert-OH is 1. The third kappa shape index (κ3) is 2.12. The number of nitrogens with two attached hydrogens (primary N) is 1. The molecule has 0 atom stereocenters. The molecule has 100 valence electrons. The van der Waals surface area contributed by atoms with Gasteiger partial charge in [-0.1, -0.05) is 0 Å². The molecule has 1 aromatic carbocycles. The number of pyridine rings is 1. The van der Waals surface area contributed by atoms with E-state index in [0.717, 1.165) is 22.1 Å². The van der Waals surface area contributed by atoms with Crippen LogP contribution in [0, 0.1) is 0 Å². The van der Waals surface area contributed by atoms with Crippen LogP contribution in [0.3, 0.4) is 0 Å². The summed E-state index contributed by atoms with van der Waals surface area (Å²) in [4.78, 5) is 6.46. The molecular formula is C15H19N3O. The molecule has 0 unspecified atom stereocenters. The van der Waals surface area contributed by atoms with Crippen LogP contribution in [0.5, 0.6) is 0 Å². The molecule has 0 amide bonds. The van der Waals surface area contributed by atoms with Crippen molar-refractivity contribution in [2.24, 2.45) is 0 Å². The van der Waals surface area contributed by atoms with Gasteiger partial charge in [-0.3, -0.25) is 4.98 Å². The monoisotopic (exact) mass is 257 g/mol. The van der Waals surface area contributed by atoms with Crippen LogP contribution in [0.2, 0.25) is 0 Å². The molecule has 2 aromatic rings. The number of anilines is 2. The fraction of sp³-hybridized carbons (Fsp3) is 0.400.